The van der Waals surface area contributed by atoms with Gasteiger partial charge < -0.3 is 14.9 Å². The van der Waals surface area contributed by atoms with Crippen molar-refractivity contribution in [3.63, 3.8) is 0 Å². The Balaban J connectivity index is 1.59. The number of benzene rings is 2. The molecule has 3 rings (SSSR count). The third-order valence-corrected chi connectivity index (χ3v) is 6.45. The number of hydrogen-bond donors (Lipinski definition) is 2. The maximum absolute atomic E-state index is 13.9. The number of carboxylic acid groups (broad SMARTS) is 1. The lowest BCUT2D eigenvalue weighted by Crippen LogP contribution is -2.39. The second-order valence-electron chi connectivity index (χ2n) is 8.77. The van der Waals surface area contributed by atoms with Gasteiger partial charge in [-0.15, -0.1) is 0 Å². The van der Waals surface area contributed by atoms with E-state index in [1.807, 2.05) is 6.07 Å². The third kappa shape index (κ3) is 7.09. The van der Waals surface area contributed by atoms with Crippen LogP contribution in [0.1, 0.15) is 48.1 Å². The molecule has 5 nitrogen and oxygen atoms in total. The number of ether oxygens (including phenoxy) is 1. The van der Waals surface area contributed by atoms with Crippen LogP contribution in [0.2, 0.25) is 5.02 Å². The van der Waals surface area contributed by atoms with E-state index in [1.165, 1.54) is 12.1 Å². The molecule has 1 heterocycles. The molecule has 34 heavy (non-hydrogen) atoms. The monoisotopic (exact) mass is 493 g/mol. The first-order valence-electron chi connectivity index (χ1n) is 11.3. The number of hydrogen-bond acceptors (Lipinski definition) is 4. The zero-order valence-corrected chi connectivity index (χ0v) is 20.1. The van der Waals surface area contributed by atoms with Crippen LogP contribution in [0.5, 0.6) is 0 Å². The van der Waals surface area contributed by atoms with Crippen LogP contribution in [-0.2, 0) is 16.0 Å². The van der Waals surface area contributed by atoms with Gasteiger partial charge in [-0.25, -0.2) is 13.6 Å². The molecule has 1 aliphatic heterocycles. The molecule has 1 saturated heterocycles. The molecule has 2 aromatic rings. The fraction of sp³-hybridized carbons (Fsp3) is 0.423. The van der Waals surface area contributed by atoms with Gasteiger partial charge in [0.25, 0.3) is 0 Å². The number of aliphatic carboxylic acids is 1. The Bertz CT molecular complexity index is 1050. The molecular weight excluding hydrogens is 464 g/mol. The van der Waals surface area contributed by atoms with Gasteiger partial charge in [0.1, 0.15) is 11.6 Å². The normalized spacial score (nSPS) is 18.5. The Morgan fingerprint density at radius 1 is 1.29 bits per heavy atom. The summed E-state index contributed by atoms with van der Waals surface area (Å²) in [4.78, 5) is 13.1. The summed E-state index contributed by atoms with van der Waals surface area (Å²) in [6, 6.07) is 8.11. The second kappa shape index (κ2) is 11.9. The second-order valence-corrected chi connectivity index (χ2v) is 9.18. The van der Waals surface area contributed by atoms with Crippen molar-refractivity contribution < 1.29 is 28.5 Å². The van der Waals surface area contributed by atoms with Crippen LogP contribution in [0.15, 0.2) is 36.4 Å². The Hall–Kier alpha value is -2.32. The summed E-state index contributed by atoms with van der Waals surface area (Å²) >= 11 is 5.92. The third-order valence-electron chi connectivity index (χ3n) is 6.16. The molecule has 1 aliphatic rings. The molecule has 0 amide bonds. The molecule has 184 valence electrons. The lowest BCUT2D eigenvalue weighted by Gasteiger charge is -2.27. The number of nitrogens with zero attached hydrogens (tertiary/aromatic N) is 1. The first-order valence-corrected chi connectivity index (χ1v) is 11.7. The van der Waals surface area contributed by atoms with Crippen LogP contribution in [0.4, 0.5) is 8.78 Å². The van der Waals surface area contributed by atoms with E-state index in [2.05, 4.69) is 4.90 Å². The first-order chi connectivity index (χ1) is 16.1. The zero-order chi connectivity index (χ0) is 24.8. The van der Waals surface area contributed by atoms with Crippen molar-refractivity contribution in [1.82, 2.24) is 4.90 Å². The van der Waals surface area contributed by atoms with Gasteiger partial charge >= 0.3 is 5.97 Å². The molecule has 0 bridgehead atoms. The molecular formula is C26H30ClF2NO4. The van der Waals surface area contributed by atoms with Crippen LogP contribution in [0.25, 0.3) is 6.08 Å². The topological polar surface area (TPSA) is 70.0 Å². The molecule has 0 aromatic heterocycles. The lowest BCUT2D eigenvalue weighted by atomic mass is 10.0. The molecule has 3 atom stereocenters. The van der Waals surface area contributed by atoms with Crippen molar-refractivity contribution in [1.29, 1.82) is 0 Å². The fourth-order valence-electron chi connectivity index (χ4n) is 4.31. The Labute approximate surface area is 203 Å². The average molecular weight is 494 g/mol. The summed E-state index contributed by atoms with van der Waals surface area (Å²) in [5.74, 6) is -2.02. The molecule has 0 radical (unpaired) electrons. The highest BCUT2D eigenvalue weighted by Crippen LogP contribution is 2.29. The molecule has 2 aromatic carbocycles. The van der Waals surface area contributed by atoms with Gasteiger partial charge in [-0.1, -0.05) is 23.7 Å². The number of aryl methyl sites for hydroxylation is 1. The Morgan fingerprint density at radius 2 is 2.06 bits per heavy atom. The zero-order valence-electron chi connectivity index (χ0n) is 19.3. The maximum atomic E-state index is 13.9. The van der Waals surface area contributed by atoms with Crippen molar-refractivity contribution in [2.24, 2.45) is 0 Å². The molecule has 0 spiro atoms. The number of halogens is 3. The molecule has 1 fully saturated rings. The van der Waals surface area contributed by atoms with Gasteiger partial charge in [-0.3, -0.25) is 4.90 Å². The van der Waals surface area contributed by atoms with Crippen LogP contribution >= 0.6 is 11.6 Å². The lowest BCUT2D eigenvalue weighted by molar-refractivity contribution is -0.131. The summed E-state index contributed by atoms with van der Waals surface area (Å²) in [5.41, 5.74) is 2.43. The molecule has 8 heteroatoms. The van der Waals surface area contributed by atoms with Gasteiger partial charge in [0.15, 0.2) is 0 Å². The summed E-state index contributed by atoms with van der Waals surface area (Å²) < 4.78 is 33.6. The summed E-state index contributed by atoms with van der Waals surface area (Å²) in [7, 11) is 0. The number of β-amino-alcohol motifs (C(OH)–C–C–N with tert-alkyl or cyclic N) is 1. The average Bonchev–Trinajstić information content (AvgIpc) is 3.21. The quantitative estimate of drug-likeness (QED) is 0.447. The minimum atomic E-state index is -1.15. The van der Waals surface area contributed by atoms with E-state index in [-0.39, 0.29) is 23.5 Å². The molecule has 0 aliphatic carbocycles. The van der Waals surface area contributed by atoms with Crippen LogP contribution in [0.3, 0.4) is 0 Å². The van der Waals surface area contributed by atoms with E-state index < -0.39 is 24.0 Å². The molecule has 0 unspecified atom stereocenters. The fourth-order valence-corrected chi connectivity index (χ4v) is 4.48. The van der Waals surface area contributed by atoms with Crippen molar-refractivity contribution in [2.75, 3.05) is 19.7 Å². The Kier molecular flexibility index (Phi) is 9.19. The summed E-state index contributed by atoms with van der Waals surface area (Å²) in [5, 5.41) is 19.4. The summed E-state index contributed by atoms with van der Waals surface area (Å²) in [6.45, 7) is 4.79. The van der Waals surface area contributed by atoms with E-state index in [4.69, 9.17) is 21.4 Å². The van der Waals surface area contributed by atoms with E-state index in [0.29, 0.717) is 29.7 Å². The van der Waals surface area contributed by atoms with E-state index >= 15 is 0 Å². The highest BCUT2D eigenvalue weighted by atomic mass is 35.5. The van der Waals surface area contributed by atoms with Gasteiger partial charge in [-0.05, 0) is 86.2 Å². The largest absolute Gasteiger partial charge is 0.478 e. The van der Waals surface area contributed by atoms with Crippen molar-refractivity contribution in [3.8, 4) is 0 Å². The van der Waals surface area contributed by atoms with E-state index in [1.54, 1.807) is 26.0 Å². The number of likely N-dealkylation sites (tertiary alicyclic amines) is 1. The van der Waals surface area contributed by atoms with E-state index in [9.17, 15) is 18.7 Å². The summed E-state index contributed by atoms with van der Waals surface area (Å²) in [6.07, 6.45) is 3.60. The minimum absolute atomic E-state index is 0.0423. The number of aliphatic hydroxyl groups is 1. The SMILES string of the molecule is Cc1ccc(C[C@@H]2CCCN2C[C@@H](O)CO[C@H](C)c2cc(Cl)c(F)cc2/C=C/C(=O)O)cc1F. The van der Waals surface area contributed by atoms with Gasteiger partial charge in [-0.2, -0.15) is 0 Å². The van der Waals surface area contributed by atoms with Gasteiger partial charge in [0.05, 0.1) is 23.8 Å². The smallest absolute Gasteiger partial charge is 0.328 e. The molecule has 2 N–H and O–H groups in total. The predicted molar refractivity (Wildman–Crippen MR) is 128 cm³/mol. The van der Waals surface area contributed by atoms with Gasteiger partial charge in [0.2, 0.25) is 0 Å². The highest BCUT2D eigenvalue weighted by Gasteiger charge is 2.27. The van der Waals surface area contributed by atoms with Crippen molar-refractivity contribution in [2.45, 2.75) is 51.4 Å². The number of rotatable bonds is 10. The number of carbonyl (C=O) groups is 1. The number of aliphatic hydroxyl groups excluding tert-OH is 1. The van der Waals surface area contributed by atoms with Crippen molar-refractivity contribution in [3.05, 3.63) is 75.3 Å². The molecule has 0 saturated carbocycles. The van der Waals surface area contributed by atoms with Crippen LogP contribution in [-0.4, -0.2) is 52.9 Å². The van der Waals surface area contributed by atoms with Gasteiger partial charge in [0, 0.05) is 18.7 Å². The van der Waals surface area contributed by atoms with Crippen LogP contribution in [0, 0.1) is 18.6 Å². The van der Waals surface area contributed by atoms with E-state index in [0.717, 1.165) is 37.1 Å². The minimum Gasteiger partial charge on any atom is -0.478 e. The van der Waals surface area contributed by atoms with Crippen LogP contribution < -0.4 is 0 Å². The first kappa shape index (κ1) is 26.3. The predicted octanol–water partition coefficient (Wildman–Crippen LogP) is 5.17. The Morgan fingerprint density at radius 3 is 2.76 bits per heavy atom. The maximum Gasteiger partial charge on any atom is 0.328 e. The number of carboxylic acids is 1. The van der Waals surface area contributed by atoms with Crippen molar-refractivity contribution >= 4 is 23.6 Å². The highest BCUT2D eigenvalue weighted by molar-refractivity contribution is 6.30. The standard InChI is InChI=1S/C26H30ClF2NO4/c1-16-5-6-18(11-24(16)28)10-20-4-3-9-30(20)14-21(31)15-34-17(2)22-13-23(27)25(29)12-19(22)7-8-26(32)33/h5-8,11-13,17,20-21,31H,3-4,9-10,14-15H2,1-2H3,(H,32,33)/b8-7+/t17-,20+,21-/m1/s1.